The molecule has 0 aromatic heterocycles. The molecule has 11 heavy (non-hydrogen) atoms. The van der Waals surface area contributed by atoms with E-state index in [0.717, 1.165) is 13.2 Å². The second kappa shape index (κ2) is 4.75. The molecule has 1 unspecified atom stereocenters. The van der Waals surface area contributed by atoms with Gasteiger partial charge in [-0.3, -0.25) is 0 Å². The first-order valence-electron chi connectivity index (χ1n) is 3.93. The predicted molar refractivity (Wildman–Crippen MR) is 46.8 cm³/mol. The van der Waals surface area contributed by atoms with E-state index < -0.39 is 0 Å². The Morgan fingerprint density at radius 1 is 1.73 bits per heavy atom. The molecule has 64 valence electrons. The van der Waals surface area contributed by atoms with Crippen LogP contribution in [0.25, 0.3) is 0 Å². The van der Waals surface area contributed by atoms with Gasteiger partial charge in [0.25, 0.3) is 0 Å². The first kappa shape index (κ1) is 9.04. The third-order valence-corrected chi connectivity index (χ3v) is 1.85. The first-order chi connectivity index (χ1) is 5.29. The lowest BCUT2D eigenvalue weighted by Gasteiger charge is -2.09. The Bertz CT molecular complexity index is 132. The molecule has 0 saturated carbocycles. The monoisotopic (exact) mass is 175 g/mol. The quantitative estimate of drug-likeness (QED) is 0.700. The molecule has 1 aliphatic rings. The summed E-state index contributed by atoms with van der Waals surface area (Å²) in [6, 6.07) is 0.533. The van der Waals surface area contributed by atoms with E-state index in [1.54, 1.807) is 0 Å². The van der Waals surface area contributed by atoms with E-state index in [0.29, 0.717) is 17.7 Å². The van der Waals surface area contributed by atoms with E-state index in [-0.39, 0.29) is 0 Å². The van der Waals surface area contributed by atoms with E-state index >= 15 is 0 Å². The van der Waals surface area contributed by atoms with Crippen LogP contribution >= 0.6 is 11.6 Å². The van der Waals surface area contributed by atoms with Crippen molar-refractivity contribution >= 4 is 11.6 Å². The number of rotatable bonds is 4. The minimum absolute atomic E-state index is 0.472. The summed E-state index contributed by atoms with van der Waals surface area (Å²) in [4.78, 5) is 0. The Kier molecular flexibility index (Phi) is 3.91. The van der Waals surface area contributed by atoms with Gasteiger partial charge in [-0.2, -0.15) is 0 Å². The Hall–Kier alpha value is -0.0500. The van der Waals surface area contributed by atoms with Crippen LogP contribution in [-0.2, 0) is 4.74 Å². The van der Waals surface area contributed by atoms with Crippen LogP contribution in [-0.4, -0.2) is 25.8 Å². The molecule has 0 aromatic carbocycles. The zero-order valence-corrected chi connectivity index (χ0v) is 7.36. The van der Waals surface area contributed by atoms with Gasteiger partial charge in [0.2, 0.25) is 0 Å². The van der Waals surface area contributed by atoms with Crippen LogP contribution in [0.3, 0.4) is 0 Å². The number of ether oxygens (including phenoxy) is 1. The van der Waals surface area contributed by atoms with Crippen LogP contribution in [0.2, 0.25) is 0 Å². The Balaban J connectivity index is 1.98. The Morgan fingerprint density at radius 2 is 2.55 bits per heavy atom. The van der Waals surface area contributed by atoms with Crippen molar-refractivity contribution in [1.82, 2.24) is 5.32 Å². The molecule has 1 N–H and O–H groups in total. The maximum Gasteiger partial charge on any atom is 0.0817 e. The highest BCUT2D eigenvalue weighted by molar-refractivity contribution is 6.29. The van der Waals surface area contributed by atoms with E-state index in [9.17, 15) is 0 Å². The predicted octanol–water partition coefficient (Wildman–Crippen LogP) is 1.51. The van der Waals surface area contributed by atoms with Crippen molar-refractivity contribution in [3.05, 3.63) is 11.6 Å². The fourth-order valence-corrected chi connectivity index (χ4v) is 1.29. The van der Waals surface area contributed by atoms with Gasteiger partial charge in [-0.1, -0.05) is 18.2 Å². The summed E-state index contributed by atoms with van der Waals surface area (Å²) in [5.41, 5.74) is 0. The maximum absolute atomic E-state index is 5.52. The van der Waals surface area contributed by atoms with Crippen molar-refractivity contribution in [2.75, 3.05) is 19.8 Å². The van der Waals surface area contributed by atoms with Crippen molar-refractivity contribution in [2.45, 2.75) is 18.9 Å². The SMILES string of the molecule is C=C(Cl)COCC1CCCN1. The third kappa shape index (κ3) is 3.75. The van der Waals surface area contributed by atoms with Crippen molar-refractivity contribution in [3.8, 4) is 0 Å². The fraction of sp³-hybridized carbons (Fsp3) is 0.750. The minimum Gasteiger partial charge on any atom is -0.374 e. The van der Waals surface area contributed by atoms with Crippen LogP contribution in [0.1, 0.15) is 12.8 Å². The average molecular weight is 176 g/mol. The van der Waals surface area contributed by atoms with Gasteiger partial charge in [-0.05, 0) is 19.4 Å². The largest absolute Gasteiger partial charge is 0.374 e. The molecule has 1 heterocycles. The molecule has 1 atom stereocenters. The van der Waals surface area contributed by atoms with Crippen LogP contribution < -0.4 is 5.32 Å². The molecule has 3 heteroatoms. The fourth-order valence-electron chi connectivity index (χ4n) is 1.21. The van der Waals surface area contributed by atoms with Gasteiger partial charge in [0.15, 0.2) is 0 Å². The van der Waals surface area contributed by atoms with Gasteiger partial charge in [-0.25, -0.2) is 0 Å². The lowest BCUT2D eigenvalue weighted by Crippen LogP contribution is -2.26. The van der Waals surface area contributed by atoms with Crippen LogP contribution in [0.15, 0.2) is 11.6 Å². The summed E-state index contributed by atoms with van der Waals surface area (Å²) in [7, 11) is 0. The van der Waals surface area contributed by atoms with Crippen LogP contribution in [0.4, 0.5) is 0 Å². The second-order valence-corrected chi connectivity index (χ2v) is 3.36. The minimum atomic E-state index is 0.472. The molecule has 1 fully saturated rings. The highest BCUT2D eigenvalue weighted by Crippen LogP contribution is 2.06. The molecule has 0 amide bonds. The Morgan fingerprint density at radius 3 is 3.09 bits per heavy atom. The molecule has 2 nitrogen and oxygen atoms in total. The smallest absolute Gasteiger partial charge is 0.0817 e. The third-order valence-electron chi connectivity index (χ3n) is 1.74. The maximum atomic E-state index is 5.52. The van der Waals surface area contributed by atoms with Crippen molar-refractivity contribution in [2.24, 2.45) is 0 Å². The van der Waals surface area contributed by atoms with Gasteiger partial charge in [0, 0.05) is 11.1 Å². The number of nitrogens with one attached hydrogen (secondary N) is 1. The molecular weight excluding hydrogens is 162 g/mol. The van der Waals surface area contributed by atoms with E-state index in [1.165, 1.54) is 12.8 Å². The number of hydrogen-bond donors (Lipinski definition) is 1. The molecule has 0 spiro atoms. The van der Waals surface area contributed by atoms with E-state index in [2.05, 4.69) is 11.9 Å². The molecule has 1 aliphatic heterocycles. The second-order valence-electron chi connectivity index (χ2n) is 2.83. The van der Waals surface area contributed by atoms with Gasteiger partial charge in [0.05, 0.1) is 13.2 Å². The highest BCUT2D eigenvalue weighted by Gasteiger charge is 2.13. The summed E-state index contributed by atoms with van der Waals surface area (Å²) in [6.45, 7) is 5.89. The van der Waals surface area contributed by atoms with Crippen molar-refractivity contribution in [1.29, 1.82) is 0 Å². The van der Waals surface area contributed by atoms with Gasteiger partial charge in [0.1, 0.15) is 0 Å². The van der Waals surface area contributed by atoms with Gasteiger partial charge < -0.3 is 10.1 Å². The van der Waals surface area contributed by atoms with E-state index in [4.69, 9.17) is 16.3 Å². The summed E-state index contributed by atoms with van der Waals surface area (Å²) in [6.07, 6.45) is 2.48. The Labute approximate surface area is 72.6 Å². The lowest BCUT2D eigenvalue weighted by molar-refractivity contribution is 0.139. The standard InChI is InChI=1S/C8H14ClNO/c1-7(9)5-11-6-8-3-2-4-10-8/h8,10H,1-6H2. The number of hydrogen-bond acceptors (Lipinski definition) is 2. The number of halogens is 1. The molecule has 1 saturated heterocycles. The van der Waals surface area contributed by atoms with Crippen molar-refractivity contribution < 1.29 is 4.74 Å². The summed E-state index contributed by atoms with van der Waals surface area (Å²) in [5, 5.41) is 3.90. The zero-order valence-electron chi connectivity index (χ0n) is 6.61. The molecule has 0 radical (unpaired) electrons. The molecule has 1 rings (SSSR count). The molecule has 0 bridgehead atoms. The van der Waals surface area contributed by atoms with Crippen LogP contribution in [0, 0.1) is 0 Å². The van der Waals surface area contributed by atoms with E-state index in [1.807, 2.05) is 0 Å². The summed E-state index contributed by atoms with van der Waals surface area (Å²) < 4.78 is 5.28. The molecular formula is C8H14ClNO. The average Bonchev–Trinajstić information content (AvgIpc) is 2.39. The van der Waals surface area contributed by atoms with Gasteiger partial charge in [-0.15, -0.1) is 0 Å². The lowest BCUT2D eigenvalue weighted by atomic mass is 10.2. The van der Waals surface area contributed by atoms with Gasteiger partial charge >= 0.3 is 0 Å². The normalized spacial score (nSPS) is 23.9. The molecule has 0 aliphatic carbocycles. The summed E-state index contributed by atoms with van der Waals surface area (Å²) >= 11 is 5.52. The highest BCUT2D eigenvalue weighted by atomic mass is 35.5. The molecule has 0 aromatic rings. The topological polar surface area (TPSA) is 21.3 Å². The summed E-state index contributed by atoms with van der Waals surface area (Å²) in [5.74, 6) is 0. The first-order valence-corrected chi connectivity index (χ1v) is 4.31. The van der Waals surface area contributed by atoms with Crippen molar-refractivity contribution in [3.63, 3.8) is 0 Å². The van der Waals surface area contributed by atoms with Crippen LogP contribution in [0.5, 0.6) is 0 Å². The zero-order chi connectivity index (χ0) is 8.10.